The summed E-state index contributed by atoms with van der Waals surface area (Å²) in [4.78, 5) is 48.2. The zero-order valence-electron chi connectivity index (χ0n) is 19.2. The third-order valence-electron chi connectivity index (χ3n) is 5.87. The minimum atomic E-state index is -1.44. The largest absolute Gasteiger partial charge is 0.543 e. The zero-order chi connectivity index (χ0) is 26.3. The van der Waals surface area contributed by atoms with Crippen molar-refractivity contribution < 1.29 is 28.9 Å². The molecule has 0 bridgehead atoms. The first-order chi connectivity index (χ1) is 17.8. The maximum Gasteiger partial charge on any atom is 0.276 e. The molecule has 14 heteroatoms. The van der Waals surface area contributed by atoms with E-state index in [4.69, 9.17) is 10.6 Å². The number of benzene rings is 1. The van der Waals surface area contributed by atoms with Crippen molar-refractivity contribution in [2.45, 2.75) is 18.0 Å². The Bertz CT molecular complexity index is 1510. The molecule has 3 aromatic rings. The summed E-state index contributed by atoms with van der Waals surface area (Å²) < 4.78 is 2.35. The molecule has 37 heavy (non-hydrogen) atoms. The van der Waals surface area contributed by atoms with Gasteiger partial charge in [-0.15, -0.1) is 11.8 Å². The zero-order valence-corrected chi connectivity index (χ0v) is 22.4. The molecule has 190 valence electrons. The number of amides is 2. The van der Waals surface area contributed by atoms with Gasteiger partial charge >= 0.3 is 0 Å². The molecule has 2 aliphatic rings. The van der Waals surface area contributed by atoms with Crippen molar-refractivity contribution in [2.75, 3.05) is 18.6 Å². The van der Waals surface area contributed by atoms with Crippen LogP contribution < -0.4 is 20.7 Å². The van der Waals surface area contributed by atoms with Crippen molar-refractivity contribution in [1.29, 1.82) is 0 Å². The minimum Gasteiger partial charge on any atom is -0.543 e. The molecule has 0 radical (unpaired) electrons. The number of hydrogen-bond acceptors (Lipinski definition) is 10. The van der Waals surface area contributed by atoms with Crippen molar-refractivity contribution in [3.05, 3.63) is 63.5 Å². The highest BCUT2D eigenvalue weighted by molar-refractivity contribution is 9.11. The fraction of sp³-hybridized carbons (Fsp3) is 0.217. The molecule has 0 aliphatic carbocycles. The lowest BCUT2D eigenvalue weighted by atomic mass is 10.0. The molecule has 2 aromatic heterocycles. The number of carbonyl (C=O) groups is 3. The Morgan fingerprint density at radius 3 is 2.78 bits per heavy atom. The number of oxime groups is 1. The van der Waals surface area contributed by atoms with Crippen LogP contribution in [0.25, 0.3) is 10.8 Å². The van der Waals surface area contributed by atoms with Crippen LogP contribution in [0.2, 0.25) is 0 Å². The van der Waals surface area contributed by atoms with E-state index in [9.17, 15) is 19.5 Å². The SMILES string of the molecule is CO/N=C(/C(=O)N[C@@H]1C(=O)N2C(C(=O)[O-])=C(C[n+]3ccc4ccccc4c3)CS[C@H]12)c1nc(N)sc1Br. The van der Waals surface area contributed by atoms with Crippen LogP contribution in [0.1, 0.15) is 5.69 Å². The molecule has 2 aliphatic heterocycles. The molecule has 5 rings (SSSR count). The number of nitrogens with zero attached hydrogens (tertiary/aromatic N) is 4. The lowest BCUT2D eigenvalue weighted by Crippen LogP contribution is -2.71. The fourth-order valence-electron chi connectivity index (χ4n) is 4.25. The van der Waals surface area contributed by atoms with E-state index >= 15 is 0 Å². The van der Waals surface area contributed by atoms with Crippen LogP contribution >= 0.6 is 39.0 Å². The number of hydrogen-bond donors (Lipinski definition) is 2. The van der Waals surface area contributed by atoms with Crippen molar-refractivity contribution in [1.82, 2.24) is 15.2 Å². The quantitative estimate of drug-likeness (QED) is 0.170. The molecule has 1 fully saturated rings. The van der Waals surface area contributed by atoms with Gasteiger partial charge < -0.3 is 25.8 Å². The van der Waals surface area contributed by atoms with Gasteiger partial charge in [0.25, 0.3) is 11.8 Å². The van der Waals surface area contributed by atoms with Crippen LogP contribution in [0.5, 0.6) is 0 Å². The van der Waals surface area contributed by atoms with Gasteiger partial charge in [-0.25, -0.2) is 9.55 Å². The topological polar surface area (TPSA) is 154 Å². The third kappa shape index (κ3) is 4.67. The number of nitrogens with one attached hydrogen (secondary N) is 1. The first kappa shape index (κ1) is 25.2. The van der Waals surface area contributed by atoms with E-state index in [2.05, 4.69) is 31.4 Å². The Kier molecular flexibility index (Phi) is 6.88. The van der Waals surface area contributed by atoms with Gasteiger partial charge in [-0.05, 0) is 27.4 Å². The molecule has 0 saturated carbocycles. The number of carboxylic acid groups (broad SMARTS) is 1. The summed E-state index contributed by atoms with van der Waals surface area (Å²) in [6.45, 7) is 0.276. The number of halogens is 1. The predicted molar refractivity (Wildman–Crippen MR) is 139 cm³/mol. The van der Waals surface area contributed by atoms with Crippen LogP contribution in [0.3, 0.4) is 0 Å². The second-order valence-electron chi connectivity index (χ2n) is 8.14. The Morgan fingerprint density at radius 1 is 1.35 bits per heavy atom. The standard InChI is InChI=1S/C23H19BrN6O5S2/c1-35-28-15(14-18(24)37-23(25)27-14)19(31)26-16-20(32)30-17(22(33)34)13(10-36-21(16)30)9-29-7-6-11-4-2-3-5-12(11)8-29/h2-8,16,21H,9-10H2,1H3,(H3-,25,26,27,31,33,34)/b28-15+/t16-,21-/m1/s1. The van der Waals surface area contributed by atoms with Crippen molar-refractivity contribution in [2.24, 2.45) is 5.16 Å². The number of nitrogens with two attached hydrogens (primary N) is 1. The van der Waals surface area contributed by atoms with Gasteiger partial charge in [0.1, 0.15) is 28.0 Å². The van der Waals surface area contributed by atoms with Crippen molar-refractivity contribution in [3.63, 3.8) is 0 Å². The van der Waals surface area contributed by atoms with Gasteiger partial charge in [0, 0.05) is 22.8 Å². The monoisotopic (exact) mass is 602 g/mol. The van der Waals surface area contributed by atoms with Gasteiger partial charge in [-0.3, -0.25) is 14.5 Å². The number of pyridine rings is 1. The van der Waals surface area contributed by atoms with Crippen molar-refractivity contribution in [3.8, 4) is 0 Å². The lowest BCUT2D eigenvalue weighted by molar-refractivity contribution is -0.687. The second kappa shape index (κ2) is 10.1. The Balaban J connectivity index is 1.37. The van der Waals surface area contributed by atoms with E-state index in [1.54, 1.807) is 0 Å². The van der Waals surface area contributed by atoms with Crippen LogP contribution in [0.15, 0.2) is 62.9 Å². The molecule has 0 spiro atoms. The number of β-lactam (4-membered cyclic amide) rings is 1. The molecule has 1 saturated heterocycles. The average Bonchev–Trinajstić information content (AvgIpc) is 3.22. The summed E-state index contributed by atoms with van der Waals surface area (Å²) in [6, 6.07) is 8.82. The van der Waals surface area contributed by atoms with E-state index in [1.165, 1.54) is 23.8 Å². The van der Waals surface area contributed by atoms with Crippen LogP contribution in [-0.4, -0.2) is 57.7 Å². The smallest absolute Gasteiger partial charge is 0.276 e. The highest BCUT2D eigenvalue weighted by Gasteiger charge is 2.53. The number of rotatable bonds is 7. The third-order valence-corrected chi connectivity index (χ3v) is 8.75. The Labute approximate surface area is 227 Å². The fourth-order valence-corrected chi connectivity index (χ4v) is 6.91. The van der Waals surface area contributed by atoms with Crippen LogP contribution in [-0.2, 0) is 25.8 Å². The van der Waals surface area contributed by atoms with E-state index < -0.39 is 29.2 Å². The number of anilines is 1. The van der Waals surface area contributed by atoms with Crippen LogP contribution in [0.4, 0.5) is 5.13 Å². The van der Waals surface area contributed by atoms with Crippen molar-refractivity contribution >= 4 is 78.4 Å². The van der Waals surface area contributed by atoms with Gasteiger partial charge in [0.05, 0.1) is 11.7 Å². The maximum absolute atomic E-state index is 13.1. The number of aliphatic carboxylic acids is 1. The number of thiazole rings is 1. The van der Waals surface area contributed by atoms with E-state index in [0.29, 0.717) is 15.1 Å². The average molecular weight is 603 g/mol. The molecule has 1 aromatic carbocycles. The first-order valence-electron chi connectivity index (χ1n) is 10.9. The molecule has 11 nitrogen and oxygen atoms in total. The highest BCUT2D eigenvalue weighted by Crippen LogP contribution is 2.40. The minimum absolute atomic E-state index is 0.166. The normalized spacial score (nSPS) is 19.5. The molecule has 2 amide bonds. The van der Waals surface area contributed by atoms with Gasteiger partial charge in [-0.2, -0.15) is 0 Å². The van der Waals surface area contributed by atoms with E-state index in [1.807, 2.05) is 47.3 Å². The summed E-state index contributed by atoms with van der Waals surface area (Å²) in [5.74, 6) is -2.36. The maximum atomic E-state index is 13.1. The predicted octanol–water partition coefficient (Wildman–Crippen LogP) is 0.383. The van der Waals surface area contributed by atoms with E-state index in [0.717, 1.165) is 22.1 Å². The summed E-state index contributed by atoms with van der Waals surface area (Å²) in [7, 11) is 1.27. The molecular weight excluding hydrogens is 584 g/mol. The Hall–Kier alpha value is -3.49. The highest BCUT2D eigenvalue weighted by atomic mass is 79.9. The molecule has 0 unspecified atom stereocenters. The summed E-state index contributed by atoms with van der Waals surface area (Å²) in [6.07, 6.45) is 3.78. The van der Waals surface area contributed by atoms with Crippen LogP contribution in [0, 0.1) is 0 Å². The number of nitrogen functional groups attached to an aromatic ring is 1. The molecule has 2 atom stereocenters. The summed E-state index contributed by atoms with van der Waals surface area (Å²) in [5, 5.41) is 20.2. The molecule has 4 heterocycles. The van der Waals surface area contributed by atoms with Gasteiger partial charge in [0.15, 0.2) is 29.8 Å². The number of fused-ring (bicyclic) bond motifs is 2. The van der Waals surface area contributed by atoms with Gasteiger partial charge in [0.2, 0.25) is 0 Å². The van der Waals surface area contributed by atoms with Gasteiger partial charge in [-0.1, -0.05) is 34.7 Å². The van der Waals surface area contributed by atoms with E-state index in [-0.39, 0.29) is 28.8 Å². The Morgan fingerprint density at radius 2 is 2.11 bits per heavy atom. The molecular formula is C23H19BrN6O5S2. The summed E-state index contributed by atoms with van der Waals surface area (Å²) >= 11 is 5.76. The first-order valence-corrected chi connectivity index (χ1v) is 13.5. The molecule has 3 N–H and O–H groups in total. The number of carboxylic acids is 1. The number of thioether (sulfide) groups is 1. The second-order valence-corrected chi connectivity index (χ2v) is 11.6. The number of aromatic nitrogens is 2. The number of carbonyl (C=O) groups excluding carboxylic acids is 3. The lowest BCUT2D eigenvalue weighted by Gasteiger charge is -2.50. The summed E-state index contributed by atoms with van der Waals surface area (Å²) in [5.41, 5.74) is 6.10.